The van der Waals surface area contributed by atoms with E-state index in [1.54, 1.807) is 13.0 Å². The summed E-state index contributed by atoms with van der Waals surface area (Å²) in [6.45, 7) is 7.56. The number of hydrogen-bond donors (Lipinski definition) is 0. The summed E-state index contributed by atoms with van der Waals surface area (Å²) in [7, 11) is 1.94. The molecule has 0 aliphatic carbocycles. The lowest BCUT2D eigenvalue weighted by atomic mass is 10.3. The normalized spacial score (nSPS) is 10.6. The maximum Gasteiger partial charge on any atom is 0.339 e. The van der Waals surface area contributed by atoms with Crippen LogP contribution in [-0.2, 0) is 9.47 Å². The van der Waals surface area contributed by atoms with Gasteiger partial charge in [-0.25, -0.2) is 9.78 Å². The molecule has 1 aromatic rings. The number of carbonyl (C=O) groups is 1. The van der Waals surface area contributed by atoms with Gasteiger partial charge in [0.05, 0.1) is 24.9 Å². The Hall–Kier alpha value is -1.62. The van der Waals surface area contributed by atoms with E-state index < -0.39 is 0 Å². The number of anilines is 1. The first kappa shape index (κ1) is 15.4. The van der Waals surface area contributed by atoms with E-state index in [0.29, 0.717) is 18.8 Å². The Bertz CT molecular complexity index is 390. The van der Waals surface area contributed by atoms with E-state index in [-0.39, 0.29) is 12.1 Å². The standard InChI is InChI=1S/C14H22N2O3/c1-5-18-14(17)12-6-7-13(15-10-12)16(4)8-9-19-11(2)3/h6-7,10-11H,5,8-9H2,1-4H3. The molecule has 0 aliphatic heterocycles. The van der Waals surface area contributed by atoms with Crippen molar-refractivity contribution in [1.82, 2.24) is 4.98 Å². The highest BCUT2D eigenvalue weighted by Crippen LogP contribution is 2.10. The summed E-state index contributed by atoms with van der Waals surface area (Å²) in [5, 5.41) is 0. The largest absolute Gasteiger partial charge is 0.462 e. The second-order valence-electron chi connectivity index (χ2n) is 4.47. The zero-order valence-corrected chi connectivity index (χ0v) is 12.0. The van der Waals surface area contributed by atoms with Crippen molar-refractivity contribution < 1.29 is 14.3 Å². The predicted octanol–water partition coefficient (Wildman–Crippen LogP) is 2.12. The fourth-order valence-corrected chi connectivity index (χ4v) is 1.49. The summed E-state index contributed by atoms with van der Waals surface area (Å²) in [6.07, 6.45) is 1.76. The van der Waals surface area contributed by atoms with Crippen molar-refractivity contribution in [1.29, 1.82) is 0 Å². The van der Waals surface area contributed by atoms with Crippen molar-refractivity contribution in [2.24, 2.45) is 0 Å². The van der Waals surface area contributed by atoms with Crippen LogP contribution in [0.25, 0.3) is 0 Å². The Morgan fingerprint density at radius 2 is 2.16 bits per heavy atom. The van der Waals surface area contributed by atoms with Gasteiger partial charge in [-0.05, 0) is 32.9 Å². The lowest BCUT2D eigenvalue weighted by Crippen LogP contribution is -2.24. The number of rotatable bonds is 7. The lowest BCUT2D eigenvalue weighted by Gasteiger charge is -2.19. The van der Waals surface area contributed by atoms with E-state index in [4.69, 9.17) is 9.47 Å². The van der Waals surface area contributed by atoms with E-state index in [1.165, 1.54) is 6.20 Å². The molecule has 1 heterocycles. The van der Waals surface area contributed by atoms with Crippen LogP contribution >= 0.6 is 0 Å². The van der Waals surface area contributed by atoms with E-state index in [0.717, 1.165) is 12.4 Å². The van der Waals surface area contributed by atoms with Gasteiger partial charge in [0, 0.05) is 19.8 Å². The fraction of sp³-hybridized carbons (Fsp3) is 0.571. The van der Waals surface area contributed by atoms with Gasteiger partial charge in [0.2, 0.25) is 0 Å². The summed E-state index contributed by atoms with van der Waals surface area (Å²) >= 11 is 0. The number of hydrogen-bond acceptors (Lipinski definition) is 5. The number of aromatic nitrogens is 1. The average molecular weight is 266 g/mol. The molecular weight excluding hydrogens is 244 g/mol. The maximum atomic E-state index is 11.5. The zero-order valence-electron chi connectivity index (χ0n) is 12.0. The Labute approximate surface area is 114 Å². The molecule has 0 spiro atoms. The highest BCUT2D eigenvalue weighted by atomic mass is 16.5. The number of ether oxygens (including phenoxy) is 2. The van der Waals surface area contributed by atoms with Crippen molar-refractivity contribution in [3.63, 3.8) is 0 Å². The number of carbonyl (C=O) groups excluding carboxylic acids is 1. The Morgan fingerprint density at radius 1 is 1.42 bits per heavy atom. The van der Waals surface area contributed by atoms with Crippen molar-refractivity contribution in [3.05, 3.63) is 23.9 Å². The summed E-state index contributed by atoms with van der Waals surface area (Å²) in [6, 6.07) is 3.53. The Kier molecular flexibility index (Phi) is 6.29. The van der Waals surface area contributed by atoms with Gasteiger partial charge in [-0.2, -0.15) is 0 Å². The fourth-order valence-electron chi connectivity index (χ4n) is 1.49. The zero-order chi connectivity index (χ0) is 14.3. The molecule has 5 heteroatoms. The van der Waals surface area contributed by atoms with Gasteiger partial charge in [0.15, 0.2) is 0 Å². The third kappa shape index (κ3) is 5.26. The minimum absolute atomic E-state index is 0.229. The van der Waals surface area contributed by atoms with Gasteiger partial charge < -0.3 is 14.4 Å². The van der Waals surface area contributed by atoms with Gasteiger partial charge in [-0.1, -0.05) is 0 Å². The molecule has 0 N–H and O–H groups in total. The topological polar surface area (TPSA) is 51.7 Å². The Morgan fingerprint density at radius 3 is 2.68 bits per heavy atom. The van der Waals surface area contributed by atoms with Crippen LogP contribution in [0.1, 0.15) is 31.1 Å². The minimum Gasteiger partial charge on any atom is -0.462 e. The SMILES string of the molecule is CCOC(=O)c1ccc(N(C)CCOC(C)C)nc1. The van der Waals surface area contributed by atoms with Crippen LogP contribution in [0.4, 0.5) is 5.82 Å². The highest BCUT2D eigenvalue weighted by molar-refractivity contribution is 5.89. The van der Waals surface area contributed by atoms with Crippen molar-refractivity contribution in [3.8, 4) is 0 Å². The van der Waals surface area contributed by atoms with Gasteiger partial charge in [0.1, 0.15) is 5.82 Å². The molecule has 0 aromatic carbocycles. The molecule has 1 aromatic heterocycles. The van der Waals surface area contributed by atoms with Gasteiger partial charge in [0.25, 0.3) is 0 Å². The van der Waals surface area contributed by atoms with Crippen molar-refractivity contribution in [2.45, 2.75) is 26.9 Å². The van der Waals surface area contributed by atoms with E-state index >= 15 is 0 Å². The van der Waals surface area contributed by atoms with Crippen LogP contribution < -0.4 is 4.90 Å². The molecule has 0 radical (unpaired) electrons. The third-order valence-corrected chi connectivity index (χ3v) is 2.53. The van der Waals surface area contributed by atoms with Crippen LogP contribution in [0.5, 0.6) is 0 Å². The average Bonchev–Trinajstić information content (AvgIpc) is 2.38. The molecule has 0 saturated carbocycles. The molecule has 1 rings (SSSR count). The van der Waals surface area contributed by atoms with Crippen molar-refractivity contribution in [2.75, 3.05) is 31.7 Å². The molecule has 0 atom stereocenters. The van der Waals surface area contributed by atoms with Crippen molar-refractivity contribution >= 4 is 11.8 Å². The summed E-state index contributed by atoms with van der Waals surface area (Å²) < 4.78 is 10.4. The van der Waals surface area contributed by atoms with Gasteiger partial charge in [-0.15, -0.1) is 0 Å². The minimum atomic E-state index is -0.340. The van der Waals surface area contributed by atoms with Crippen LogP contribution in [0.3, 0.4) is 0 Å². The number of nitrogens with zero attached hydrogens (tertiary/aromatic N) is 2. The monoisotopic (exact) mass is 266 g/mol. The van der Waals surface area contributed by atoms with Gasteiger partial charge in [-0.3, -0.25) is 0 Å². The molecule has 106 valence electrons. The highest BCUT2D eigenvalue weighted by Gasteiger charge is 2.08. The quantitative estimate of drug-likeness (QED) is 0.708. The Balaban J connectivity index is 2.53. The first-order chi connectivity index (χ1) is 9.04. The predicted molar refractivity (Wildman–Crippen MR) is 74.6 cm³/mol. The van der Waals surface area contributed by atoms with Gasteiger partial charge >= 0.3 is 5.97 Å². The van der Waals surface area contributed by atoms with E-state index in [2.05, 4.69) is 4.98 Å². The summed E-state index contributed by atoms with van der Waals surface area (Å²) in [5.41, 5.74) is 0.470. The molecule has 0 fully saturated rings. The second-order valence-corrected chi connectivity index (χ2v) is 4.47. The second kappa shape index (κ2) is 7.74. The maximum absolute atomic E-state index is 11.5. The third-order valence-electron chi connectivity index (χ3n) is 2.53. The summed E-state index contributed by atoms with van der Waals surface area (Å²) in [5.74, 6) is 0.466. The first-order valence-corrected chi connectivity index (χ1v) is 6.50. The number of esters is 1. The number of pyridine rings is 1. The molecular formula is C14H22N2O3. The number of likely N-dealkylation sites (N-methyl/N-ethyl adjacent to an activating group) is 1. The lowest BCUT2D eigenvalue weighted by molar-refractivity contribution is 0.0526. The molecule has 0 bridgehead atoms. The van der Waals surface area contributed by atoms with E-state index in [9.17, 15) is 4.79 Å². The van der Waals surface area contributed by atoms with E-state index in [1.807, 2.05) is 31.9 Å². The molecule has 0 aliphatic rings. The van der Waals surface area contributed by atoms with Crippen LogP contribution in [0, 0.1) is 0 Å². The van der Waals surface area contributed by atoms with Crippen LogP contribution in [0.15, 0.2) is 18.3 Å². The summed E-state index contributed by atoms with van der Waals surface area (Å²) in [4.78, 5) is 17.7. The van der Waals surface area contributed by atoms with Crippen LogP contribution in [-0.4, -0.2) is 43.9 Å². The molecule has 0 saturated heterocycles. The molecule has 0 amide bonds. The first-order valence-electron chi connectivity index (χ1n) is 6.50. The molecule has 5 nitrogen and oxygen atoms in total. The smallest absolute Gasteiger partial charge is 0.339 e. The van der Waals surface area contributed by atoms with Crippen LogP contribution in [0.2, 0.25) is 0 Å². The molecule has 0 unspecified atom stereocenters. The molecule has 19 heavy (non-hydrogen) atoms.